The fraction of sp³-hybridized carbons (Fsp3) is 0.385. The topological polar surface area (TPSA) is 84.9 Å². The van der Waals surface area contributed by atoms with Crippen LogP contribution in [0.1, 0.15) is 18.5 Å². The van der Waals surface area contributed by atoms with Crippen molar-refractivity contribution in [3.8, 4) is 0 Å². The van der Waals surface area contributed by atoms with Crippen LogP contribution in [0.5, 0.6) is 0 Å². The molecule has 7 heteroatoms. The summed E-state index contributed by atoms with van der Waals surface area (Å²) in [6, 6.07) is 4.72. The highest BCUT2D eigenvalue weighted by atomic mass is 19.1. The van der Waals surface area contributed by atoms with Crippen molar-refractivity contribution in [1.29, 1.82) is 0 Å². The molecule has 0 heterocycles. The molecule has 1 atom stereocenters. The zero-order chi connectivity index (χ0) is 15.0. The Bertz CT molecular complexity index is 466. The van der Waals surface area contributed by atoms with E-state index in [2.05, 4.69) is 10.1 Å². The predicted octanol–water partition coefficient (Wildman–Crippen LogP) is 1.71. The maximum atomic E-state index is 13.1. The van der Waals surface area contributed by atoms with Gasteiger partial charge in [-0.05, 0) is 24.6 Å². The van der Waals surface area contributed by atoms with Crippen LogP contribution in [0, 0.1) is 5.82 Å². The summed E-state index contributed by atoms with van der Waals surface area (Å²) in [4.78, 5) is 21.8. The van der Waals surface area contributed by atoms with Gasteiger partial charge in [-0.25, -0.2) is 14.0 Å². The van der Waals surface area contributed by atoms with Gasteiger partial charge in [0.2, 0.25) is 0 Å². The SMILES string of the molecule is CCOC(=O)COCC(NC(=O)O)c1cccc(F)c1. The van der Waals surface area contributed by atoms with Gasteiger partial charge in [-0.3, -0.25) is 0 Å². The molecule has 0 aromatic heterocycles. The van der Waals surface area contributed by atoms with E-state index in [9.17, 15) is 14.0 Å². The molecule has 0 radical (unpaired) electrons. The lowest BCUT2D eigenvalue weighted by Gasteiger charge is -2.17. The highest BCUT2D eigenvalue weighted by molar-refractivity contribution is 5.70. The molecule has 0 aliphatic heterocycles. The quantitative estimate of drug-likeness (QED) is 0.745. The Morgan fingerprint density at radius 3 is 2.80 bits per heavy atom. The Morgan fingerprint density at radius 2 is 2.20 bits per heavy atom. The Hall–Kier alpha value is -2.15. The summed E-state index contributed by atoms with van der Waals surface area (Å²) in [6.45, 7) is 1.51. The van der Waals surface area contributed by atoms with Crippen LogP contribution in [0.4, 0.5) is 9.18 Å². The normalized spacial score (nSPS) is 11.7. The van der Waals surface area contributed by atoms with Crippen LogP contribution in [0.3, 0.4) is 0 Å². The van der Waals surface area contributed by atoms with Gasteiger partial charge in [0.25, 0.3) is 0 Å². The van der Waals surface area contributed by atoms with Crippen LogP contribution in [-0.2, 0) is 14.3 Å². The summed E-state index contributed by atoms with van der Waals surface area (Å²) >= 11 is 0. The maximum Gasteiger partial charge on any atom is 0.405 e. The van der Waals surface area contributed by atoms with Crippen LogP contribution in [0.25, 0.3) is 0 Å². The molecule has 0 saturated carbocycles. The molecule has 1 unspecified atom stereocenters. The monoisotopic (exact) mass is 285 g/mol. The zero-order valence-corrected chi connectivity index (χ0v) is 11.0. The smallest absolute Gasteiger partial charge is 0.405 e. The Balaban J connectivity index is 2.61. The first kappa shape index (κ1) is 15.9. The largest absolute Gasteiger partial charge is 0.465 e. The number of carbonyl (C=O) groups is 2. The third-order valence-corrected chi connectivity index (χ3v) is 2.36. The average molecular weight is 285 g/mol. The fourth-order valence-corrected chi connectivity index (χ4v) is 1.56. The summed E-state index contributed by atoms with van der Waals surface area (Å²) in [5.74, 6) is -1.02. The summed E-state index contributed by atoms with van der Waals surface area (Å²) in [6.07, 6.45) is -1.26. The van der Waals surface area contributed by atoms with E-state index in [1.54, 1.807) is 13.0 Å². The van der Waals surface area contributed by atoms with Crippen molar-refractivity contribution < 1.29 is 28.6 Å². The number of halogens is 1. The highest BCUT2D eigenvalue weighted by Crippen LogP contribution is 2.14. The second-order valence-corrected chi connectivity index (χ2v) is 3.88. The first-order valence-electron chi connectivity index (χ1n) is 6.01. The molecule has 20 heavy (non-hydrogen) atoms. The number of rotatable bonds is 7. The molecule has 6 nitrogen and oxygen atoms in total. The van der Waals surface area contributed by atoms with Crippen molar-refractivity contribution in [2.45, 2.75) is 13.0 Å². The van der Waals surface area contributed by atoms with E-state index in [0.29, 0.717) is 5.56 Å². The maximum absolute atomic E-state index is 13.1. The van der Waals surface area contributed by atoms with E-state index in [-0.39, 0.29) is 19.8 Å². The van der Waals surface area contributed by atoms with Crippen molar-refractivity contribution in [3.63, 3.8) is 0 Å². The summed E-state index contributed by atoms with van der Waals surface area (Å²) in [5, 5.41) is 11.0. The molecule has 1 aromatic carbocycles. The molecule has 1 rings (SSSR count). The molecule has 0 saturated heterocycles. The van der Waals surface area contributed by atoms with Gasteiger partial charge in [0.15, 0.2) is 0 Å². The minimum atomic E-state index is -1.26. The number of benzene rings is 1. The summed E-state index contributed by atoms with van der Waals surface area (Å²) < 4.78 is 22.9. The van der Waals surface area contributed by atoms with Crippen LogP contribution in [-0.4, -0.2) is 37.0 Å². The number of esters is 1. The highest BCUT2D eigenvalue weighted by Gasteiger charge is 2.15. The molecule has 2 N–H and O–H groups in total. The van der Waals surface area contributed by atoms with Gasteiger partial charge in [-0.1, -0.05) is 12.1 Å². The molecule has 0 fully saturated rings. The number of nitrogens with one attached hydrogen (secondary N) is 1. The predicted molar refractivity (Wildman–Crippen MR) is 67.8 cm³/mol. The van der Waals surface area contributed by atoms with Crippen LogP contribution in [0.2, 0.25) is 0 Å². The molecular formula is C13H16FNO5. The molecule has 0 aliphatic rings. The minimum absolute atomic E-state index is 0.103. The van der Waals surface area contributed by atoms with Gasteiger partial charge >= 0.3 is 12.1 Å². The summed E-state index contributed by atoms with van der Waals surface area (Å²) in [7, 11) is 0. The van der Waals surface area contributed by atoms with Gasteiger partial charge in [0.05, 0.1) is 19.3 Å². The van der Waals surface area contributed by atoms with Crippen molar-refractivity contribution in [1.82, 2.24) is 5.32 Å². The first-order valence-corrected chi connectivity index (χ1v) is 6.01. The van der Waals surface area contributed by atoms with Crippen molar-refractivity contribution >= 4 is 12.1 Å². The Kier molecular flexibility index (Phi) is 6.45. The Morgan fingerprint density at radius 1 is 1.45 bits per heavy atom. The molecule has 1 aromatic rings. The molecular weight excluding hydrogens is 269 g/mol. The van der Waals surface area contributed by atoms with Gasteiger partial charge in [-0.2, -0.15) is 0 Å². The van der Waals surface area contributed by atoms with E-state index in [4.69, 9.17) is 9.84 Å². The second kappa shape index (κ2) is 8.11. The van der Waals surface area contributed by atoms with Crippen LogP contribution < -0.4 is 5.32 Å². The van der Waals surface area contributed by atoms with Crippen molar-refractivity contribution in [3.05, 3.63) is 35.6 Å². The summed E-state index contributed by atoms with van der Waals surface area (Å²) in [5.41, 5.74) is 0.413. The van der Waals surface area contributed by atoms with Crippen LogP contribution in [0.15, 0.2) is 24.3 Å². The number of carbonyl (C=O) groups excluding carboxylic acids is 1. The third-order valence-electron chi connectivity index (χ3n) is 2.36. The van der Waals surface area contributed by atoms with E-state index in [1.165, 1.54) is 18.2 Å². The third kappa shape index (κ3) is 5.66. The fourth-order valence-electron chi connectivity index (χ4n) is 1.56. The number of carboxylic acid groups (broad SMARTS) is 1. The van der Waals surface area contributed by atoms with Gasteiger partial charge < -0.3 is 19.9 Å². The van der Waals surface area contributed by atoms with Gasteiger partial charge in [0, 0.05) is 0 Å². The van der Waals surface area contributed by atoms with Crippen LogP contribution >= 0.6 is 0 Å². The van der Waals surface area contributed by atoms with E-state index >= 15 is 0 Å². The van der Waals surface area contributed by atoms with E-state index in [1.807, 2.05) is 0 Å². The van der Waals surface area contributed by atoms with Gasteiger partial charge in [-0.15, -0.1) is 0 Å². The molecule has 1 amide bonds. The second-order valence-electron chi connectivity index (χ2n) is 3.88. The molecule has 0 aliphatic carbocycles. The minimum Gasteiger partial charge on any atom is -0.465 e. The van der Waals surface area contributed by atoms with Crippen molar-refractivity contribution in [2.24, 2.45) is 0 Å². The molecule has 0 spiro atoms. The average Bonchev–Trinajstić information content (AvgIpc) is 2.37. The lowest BCUT2D eigenvalue weighted by molar-refractivity contribution is -0.148. The number of ether oxygens (including phenoxy) is 2. The van der Waals surface area contributed by atoms with E-state index < -0.39 is 23.9 Å². The lowest BCUT2D eigenvalue weighted by atomic mass is 10.1. The first-order chi connectivity index (χ1) is 9.52. The Labute approximate surface area is 115 Å². The standard InChI is InChI=1S/C13H16FNO5/c1-2-20-12(16)8-19-7-11(15-13(17)18)9-4-3-5-10(14)6-9/h3-6,11,15H,2,7-8H2,1H3,(H,17,18). The zero-order valence-electron chi connectivity index (χ0n) is 11.0. The number of amides is 1. The van der Waals surface area contributed by atoms with Crippen molar-refractivity contribution in [2.75, 3.05) is 19.8 Å². The number of hydrogen-bond donors (Lipinski definition) is 2. The molecule has 0 bridgehead atoms. The number of hydrogen-bond acceptors (Lipinski definition) is 4. The molecule has 110 valence electrons. The van der Waals surface area contributed by atoms with E-state index in [0.717, 1.165) is 0 Å². The van der Waals surface area contributed by atoms with Gasteiger partial charge in [0.1, 0.15) is 12.4 Å². The lowest BCUT2D eigenvalue weighted by Crippen LogP contribution is -2.31.